The van der Waals surface area contributed by atoms with Gasteiger partial charge >= 0.3 is 0 Å². The van der Waals surface area contributed by atoms with Crippen molar-refractivity contribution >= 4 is 16.9 Å². The van der Waals surface area contributed by atoms with E-state index in [9.17, 15) is 10.5 Å². The Morgan fingerprint density at radius 1 is 1.23 bits per heavy atom. The highest BCUT2D eigenvalue weighted by atomic mass is 15.3. The van der Waals surface area contributed by atoms with Crippen molar-refractivity contribution < 1.29 is 0 Å². The Kier molecular flexibility index (Phi) is 4.77. The number of aromatic amines is 1. The van der Waals surface area contributed by atoms with Crippen molar-refractivity contribution in [3.63, 3.8) is 0 Å². The van der Waals surface area contributed by atoms with Crippen LogP contribution in [-0.4, -0.2) is 42.8 Å². The summed E-state index contributed by atoms with van der Waals surface area (Å²) in [5.41, 5.74) is 3.05. The Morgan fingerprint density at radius 3 is 3.03 bits per heavy atom. The van der Waals surface area contributed by atoms with Gasteiger partial charge < -0.3 is 9.88 Å². The molecule has 31 heavy (non-hydrogen) atoms. The van der Waals surface area contributed by atoms with Crippen LogP contribution < -0.4 is 4.90 Å². The lowest BCUT2D eigenvalue weighted by atomic mass is 9.96. The number of nitrogens with zero attached hydrogens (tertiary/aromatic N) is 8. The number of nitriles is 2. The first-order valence-electron chi connectivity index (χ1n) is 10.1. The molecule has 5 rings (SSSR count). The Labute approximate surface area is 178 Å². The smallest absolute Gasteiger partial charge is 0.146 e. The molecule has 0 spiro atoms. The molecule has 4 aromatic rings. The SMILES string of the molecule is N#CC[C@@H]([C@H]1CCN(c2ncccc2C#N)C1)n1cc(-c2ncnc3[nH]ccc23)cn1. The molecule has 1 saturated heterocycles. The summed E-state index contributed by atoms with van der Waals surface area (Å²) in [4.78, 5) is 18.3. The number of rotatable bonds is 5. The van der Waals surface area contributed by atoms with Gasteiger partial charge in [-0.1, -0.05) is 0 Å². The van der Waals surface area contributed by atoms with E-state index in [1.54, 1.807) is 24.5 Å². The van der Waals surface area contributed by atoms with Crippen LogP contribution in [0.3, 0.4) is 0 Å². The molecule has 1 fully saturated rings. The van der Waals surface area contributed by atoms with Crippen LogP contribution in [-0.2, 0) is 0 Å². The van der Waals surface area contributed by atoms with Crippen LogP contribution in [0.15, 0.2) is 49.3 Å². The predicted molar refractivity (Wildman–Crippen MR) is 114 cm³/mol. The number of aromatic nitrogens is 6. The molecule has 0 aromatic carbocycles. The molecule has 4 aromatic heterocycles. The Balaban J connectivity index is 1.42. The third-order valence-electron chi connectivity index (χ3n) is 5.84. The fourth-order valence-electron chi connectivity index (χ4n) is 4.34. The fourth-order valence-corrected chi connectivity index (χ4v) is 4.34. The molecule has 9 heteroatoms. The van der Waals surface area contributed by atoms with Gasteiger partial charge in [-0.05, 0) is 24.6 Å². The highest BCUT2D eigenvalue weighted by Gasteiger charge is 2.32. The first-order valence-corrected chi connectivity index (χ1v) is 10.1. The molecule has 0 saturated carbocycles. The lowest BCUT2D eigenvalue weighted by Crippen LogP contribution is -2.26. The predicted octanol–water partition coefficient (Wildman–Crippen LogP) is 3.07. The van der Waals surface area contributed by atoms with E-state index in [-0.39, 0.29) is 12.0 Å². The minimum atomic E-state index is -0.0680. The summed E-state index contributed by atoms with van der Waals surface area (Å²) in [6, 6.07) is 9.97. The van der Waals surface area contributed by atoms with E-state index in [0.717, 1.165) is 41.8 Å². The summed E-state index contributed by atoms with van der Waals surface area (Å²) in [5.74, 6) is 0.929. The molecule has 2 atom stereocenters. The molecule has 152 valence electrons. The number of fused-ring (bicyclic) bond motifs is 1. The lowest BCUT2D eigenvalue weighted by Gasteiger charge is -2.23. The maximum atomic E-state index is 9.48. The van der Waals surface area contributed by atoms with Crippen LogP contribution >= 0.6 is 0 Å². The lowest BCUT2D eigenvalue weighted by molar-refractivity contribution is 0.332. The maximum Gasteiger partial charge on any atom is 0.146 e. The average Bonchev–Trinajstić information content (AvgIpc) is 3.57. The number of anilines is 1. The van der Waals surface area contributed by atoms with Gasteiger partial charge in [0.1, 0.15) is 23.9 Å². The molecule has 1 aliphatic heterocycles. The fraction of sp³-hybridized carbons (Fsp3) is 0.273. The van der Waals surface area contributed by atoms with Gasteiger partial charge in [-0.2, -0.15) is 15.6 Å². The van der Waals surface area contributed by atoms with Gasteiger partial charge in [-0.3, -0.25) is 4.68 Å². The van der Waals surface area contributed by atoms with Gasteiger partial charge in [-0.25, -0.2) is 15.0 Å². The Bertz CT molecular complexity index is 1310. The zero-order chi connectivity index (χ0) is 21.2. The molecule has 0 aliphatic carbocycles. The second-order valence-corrected chi connectivity index (χ2v) is 7.58. The minimum Gasteiger partial charge on any atom is -0.355 e. The van der Waals surface area contributed by atoms with Crippen molar-refractivity contribution in [2.45, 2.75) is 18.9 Å². The summed E-state index contributed by atoms with van der Waals surface area (Å²) in [6.45, 7) is 1.52. The van der Waals surface area contributed by atoms with Gasteiger partial charge in [0.2, 0.25) is 0 Å². The van der Waals surface area contributed by atoms with Gasteiger partial charge in [0, 0.05) is 48.5 Å². The van der Waals surface area contributed by atoms with Gasteiger partial charge in [-0.15, -0.1) is 0 Å². The molecular weight excluding hydrogens is 390 g/mol. The number of hydrogen-bond donors (Lipinski definition) is 1. The summed E-state index contributed by atoms with van der Waals surface area (Å²) in [7, 11) is 0. The van der Waals surface area contributed by atoms with Crippen LogP contribution in [0.2, 0.25) is 0 Å². The van der Waals surface area contributed by atoms with Crippen LogP contribution in [0.25, 0.3) is 22.3 Å². The van der Waals surface area contributed by atoms with Crippen LogP contribution in [0.4, 0.5) is 5.82 Å². The van der Waals surface area contributed by atoms with Crippen molar-refractivity contribution in [2.75, 3.05) is 18.0 Å². The molecule has 0 bridgehead atoms. The van der Waals surface area contributed by atoms with E-state index in [1.807, 2.05) is 23.1 Å². The quantitative estimate of drug-likeness (QED) is 0.537. The summed E-state index contributed by atoms with van der Waals surface area (Å²) in [6.07, 6.45) is 10.1. The van der Waals surface area contributed by atoms with E-state index in [4.69, 9.17) is 0 Å². The molecule has 1 N–H and O–H groups in total. The second-order valence-electron chi connectivity index (χ2n) is 7.58. The standard InChI is InChI=1S/C22H19N9/c23-6-3-19(16-5-9-30(12-16)22-15(10-24)2-1-7-26-22)31-13-17(11-29-31)20-18-4-8-25-21(18)28-14-27-20/h1-2,4,7-8,11,13-14,16,19H,3,5,9,12H2,(H,25,27,28)/t16-,19-/m0/s1. The third-order valence-corrected chi connectivity index (χ3v) is 5.84. The van der Waals surface area contributed by atoms with E-state index in [2.05, 4.69) is 42.1 Å². The molecule has 1 aliphatic rings. The largest absolute Gasteiger partial charge is 0.355 e. The summed E-state index contributed by atoms with van der Waals surface area (Å²) >= 11 is 0. The summed E-state index contributed by atoms with van der Waals surface area (Å²) < 4.78 is 1.89. The topological polar surface area (TPSA) is 123 Å². The van der Waals surface area contributed by atoms with Crippen LogP contribution in [0.5, 0.6) is 0 Å². The molecule has 0 radical (unpaired) electrons. The first kappa shape index (κ1) is 18.8. The molecule has 5 heterocycles. The second kappa shape index (κ2) is 7.88. The van der Waals surface area contributed by atoms with E-state index < -0.39 is 0 Å². The van der Waals surface area contributed by atoms with Crippen molar-refractivity contribution in [1.82, 2.24) is 29.7 Å². The first-order chi connectivity index (χ1) is 15.3. The van der Waals surface area contributed by atoms with E-state index in [0.29, 0.717) is 17.8 Å². The highest BCUT2D eigenvalue weighted by Crippen LogP contribution is 2.34. The number of pyridine rings is 1. The normalized spacial score (nSPS) is 16.8. The number of H-pyrrole nitrogens is 1. The molecule has 0 unspecified atom stereocenters. The van der Waals surface area contributed by atoms with Crippen LogP contribution in [0.1, 0.15) is 24.4 Å². The molecular formula is C22H19N9. The maximum absolute atomic E-state index is 9.48. The highest BCUT2D eigenvalue weighted by molar-refractivity contribution is 5.89. The monoisotopic (exact) mass is 409 g/mol. The minimum absolute atomic E-state index is 0.0680. The van der Waals surface area contributed by atoms with Gasteiger partial charge in [0.25, 0.3) is 0 Å². The van der Waals surface area contributed by atoms with Crippen molar-refractivity contribution in [1.29, 1.82) is 10.5 Å². The summed E-state index contributed by atoms with van der Waals surface area (Å²) in [5, 5.41) is 24.4. The number of nitrogens with one attached hydrogen (secondary N) is 1. The van der Waals surface area contributed by atoms with Crippen molar-refractivity contribution in [3.8, 4) is 23.4 Å². The van der Waals surface area contributed by atoms with Crippen molar-refractivity contribution in [3.05, 3.63) is 54.9 Å². The Hall–Kier alpha value is -4.24. The van der Waals surface area contributed by atoms with E-state index >= 15 is 0 Å². The molecule has 0 amide bonds. The number of hydrogen-bond acceptors (Lipinski definition) is 7. The van der Waals surface area contributed by atoms with Gasteiger partial charge in [0.15, 0.2) is 0 Å². The van der Waals surface area contributed by atoms with Crippen LogP contribution in [0, 0.1) is 28.6 Å². The van der Waals surface area contributed by atoms with E-state index in [1.165, 1.54) is 6.33 Å². The Morgan fingerprint density at radius 2 is 2.16 bits per heavy atom. The zero-order valence-corrected chi connectivity index (χ0v) is 16.7. The van der Waals surface area contributed by atoms with Crippen molar-refractivity contribution in [2.24, 2.45) is 5.92 Å². The average molecular weight is 409 g/mol. The van der Waals surface area contributed by atoms with Gasteiger partial charge in [0.05, 0.1) is 36.0 Å². The molecule has 9 nitrogen and oxygen atoms in total. The zero-order valence-electron chi connectivity index (χ0n) is 16.7. The third kappa shape index (κ3) is 3.36.